The third kappa shape index (κ3) is 8.58. The number of esters is 1. The van der Waals surface area contributed by atoms with Gasteiger partial charge in [-0.1, -0.05) is 48.5 Å². The van der Waals surface area contributed by atoms with Crippen molar-refractivity contribution in [1.29, 1.82) is 0 Å². The Kier molecular flexibility index (Phi) is 13.0. The zero-order valence-corrected chi connectivity index (χ0v) is 25.0. The fourth-order valence-electron chi connectivity index (χ4n) is 4.24. The van der Waals surface area contributed by atoms with Gasteiger partial charge < -0.3 is 28.1 Å². The van der Waals surface area contributed by atoms with Gasteiger partial charge in [0.25, 0.3) is 5.91 Å². The molecule has 0 aromatic heterocycles. The van der Waals surface area contributed by atoms with Crippen molar-refractivity contribution in [3.8, 4) is 0 Å². The molecule has 2 aromatic carbocycles. The maximum absolute atomic E-state index is 14.3. The molecule has 0 saturated heterocycles. The second-order valence-corrected chi connectivity index (χ2v) is 13.3. The first-order valence-electron chi connectivity index (χ1n) is 12.9. The van der Waals surface area contributed by atoms with Gasteiger partial charge >= 0.3 is 21.2 Å². The Balaban J connectivity index is 2.80. The minimum Gasteiger partial charge on any atom is -0.467 e. The van der Waals surface area contributed by atoms with Gasteiger partial charge in [-0.15, -0.1) is 0 Å². The fourth-order valence-corrected chi connectivity index (χ4v) is 9.77. The SMILES string of the molecule is CCOP(=O)(OCC)C(CC(Cc1ccccc1)(NC(=O)c1ccccc1)C(=O)OC)P(=O)(OCC)OCC. The molecule has 12 heteroatoms. The average Bonchev–Trinajstić information content (AvgIpc) is 2.92. The number of nitrogens with one attached hydrogen (secondary N) is 1. The number of benzene rings is 2. The van der Waals surface area contributed by atoms with Crippen LogP contribution in [0.3, 0.4) is 0 Å². The summed E-state index contributed by atoms with van der Waals surface area (Å²) in [5.74, 6) is -1.42. The molecule has 1 unspecified atom stereocenters. The van der Waals surface area contributed by atoms with Crippen LogP contribution in [-0.2, 0) is 43.2 Å². The van der Waals surface area contributed by atoms with Crippen LogP contribution in [0.15, 0.2) is 60.7 Å². The van der Waals surface area contributed by atoms with E-state index in [4.69, 9.17) is 22.8 Å². The van der Waals surface area contributed by atoms with Crippen LogP contribution in [0.1, 0.15) is 50.0 Å². The molecule has 1 N–H and O–H groups in total. The summed E-state index contributed by atoms with van der Waals surface area (Å²) in [4.78, 5) is 27.1. The lowest BCUT2D eigenvalue weighted by molar-refractivity contribution is -0.148. The highest BCUT2D eigenvalue weighted by molar-refractivity contribution is 7.72. The van der Waals surface area contributed by atoms with E-state index in [1.165, 1.54) is 7.11 Å². The van der Waals surface area contributed by atoms with Crippen LogP contribution in [0.2, 0.25) is 0 Å². The Morgan fingerprint density at radius 3 is 1.62 bits per heavy atom. The summed E-state index contributed by atoms with van der Waals surface area (Å²) in [6.45, 7) is 6.32. The lowest BCUT2D eigenvalue weighted by atomic mass is 9.87. The lowest BCUT2D eigenvalue weighted by Gasteiger charge is -2.39. The quantitative estimate of drug-likeness (QED) is 0.181. The maximum Gasteiger partial charge on any atom is 0.345 e. The molecule has 0 spiro atoms. The predicted molar refractivity (Wildman–Crippen MR) is 149 cm³/mol. The maximum atomic E-state index is 14.3. The third-order valence-corrected chi connectivity index (χ3v) is 11.8. The summed E-state index contributed by atoms with van der Waals surface area (Å²) in [5.41, 5.74) is -0.909. The van der Waals surface area contributed by atoms with E-state index in [0.29, 0.717) is 5.56 Å². The Morgan fingerprint density at radius 2 is 1.21 bits per heavy atom. The summed E-state index contributed by atoms with van der Waals surface area (Å²) in [6, 6.07) is 17.2. The number of amides is 1. The molecule has 0 fully saturated rings. The number of hydrogen-bond acceptors (Lipinski definition) is 9. The first-order chi connectivity index (χ1) is 18.6. The zero-order chi connectivity index (χ0) is 28.9. The average molecular weight is 584 g/mol. The number of hydrogen-bond donors (Lipinski definition) is 1. The molecular weight excluding hydrogens is 544 g/mol. The number of ether oxygens (including phenoxy) is 1. The van der Waals surface area contributed by atoms with Crippen LogP contribution in [0, 0.1) is 0 Å². The van der Waals surface area contributed by atoms with Gasteiger partial charge in [0.2, 0.25) is 0 Å². The summed E-state index contributed by atoms with van der Waals surface area (Å²) in [7, 11) is -7.32. The Morgan fingerprint density at radius 1 is 0.769 bits per heavy atom. The van der Waals surface area contributed by atoms with Crippen molar-refractivity contribution in [2.24, 2.45) is 0 Å². The fraction of sp³-hybridized carbons (Fsp3) is 0.481. The molecule has 0 heterocycles. The molecule has 0 bridgehead atoms. The zero-order valence-electron chi connectivity index (χ0n) is 23.2. The smallest absolute Gasteiger partial charge is 0.345 e. The van der Waals surface area contributed by atoms with Crippen LogP contribution >= 0.6 is 15.2 Å². The number of rotatable bonds is 17. The highest BCUT2D eigenvalue weighted by Crippen LogP contribution is 2.72. The number of carbonyl (C=O) groups is 2. The summed E-state index contributed by atoms with van der Waals surface area (Å²) < 4.78 is 56.1. The second kappa shape index (κ2) is 15.5. The standard InChI is InChI=1S/C27H39NO9P2/c1-6-34-38(31,35-7-2)24(39(32,36-8-3)37-9-4)21-27(26(30)33-5,20-22-16-12-10-13-17-22)28-25(29)23-18-14-11-15-19-23/h10-19,24H,6-9,20-21H2,1-5H3,(H,28,29). The first kappa shape index (κ1) is 32.9. The topological polar surface area (TPSA) is 126 Å². The normalized spacial score (nSPS) is 13.6. The second-order valence-electron chi connectivity index (χ2n) is 8.49. The summed E-state index contributed by atoms with van der Waals surface area (Å²) >= 11 is 0. The molecule has 0 aliphatic rings. The van der Waals surface area contributed by atoms with E-state index >= 15 is 0 Å². The van der Waals surface area contributed by atoms with Crippen molar-refractivity contribution in [2.45, 2.75) is 51.5 Å². The van der Waals surface area contributed by atoms with Crippen molar-refractivity contribution in [2.75, 3.05) is 33.5 Å². The van der Waals surface area contributed by atoms with Gasteiger partial charge in [-0.25, -0.2) is 4.79 Å². The van der Waals surface area contributed by atoms with Crippen molar-refractivity contribution in [3.63, 3.8) is 0 Å². The Labute approximate surface area is 230 Å². The molecule has 0 aliphatic heterocycles. The lowest BCUT2D eigenvalue weighted by Crippen LogP contribution is -2.58. The van der Waals surface area contributed by atoms with Gasteiger partial charge in [-0.05, 0) is 45.4 Å². The van der Waals surface area contributed by atoms with E-state index in [1.807, 2.05) is 6.07 Å². The first-order valence-corrected chi connectivity index (χ1v) is 16.1. The van der Waals surface area contributed by atoms with Crippen molar-refractivity contribution < 1.29 is 41.6 Å². The van der Waals surface area contributed by atoms with E-state index < -0.39 is 44.4 Å². The number of carbonyl (C=O) groups excluding carboxylic acids is 2. The molecule has 2 aromatic rings. The van der Waals surface area contributed by atoms with Crippen LogP contribution in [0.4, 0.5) is 0 Å². The molecular formula is C27H39NO9P2. The summed E-state index contributed by atoms with van der Waals surface area (Å²) in [5, 5.41) is 1.25. The van der Waals surface area contributed by atoms with Crippen molar-refractivity contribution in [3.05, 3.63) is 71.8 Å². The molecule has 216 valence electrons. The Bertz CT molecular complexity index is 1100. The predicted octanol–water partition coefficient (Wildman–Crippen LogP) is 5.82. The van der Waals surface area contributed by atoms with Crippen molar-refractivity contribution >= 4 is 27.1 Å². The van der Waals surface area contributed by atoms with Gasteiger partial charge in [-0.2, -0.15) is 0 Å². The molecule has 2 rings (SSSR count). The number of methoxy groups -OCH3 is 1. The van der Waals surface area contributed by atoms with Gasteiger partial charge in [0.1, 0.15) is 5.54 Å². The minimum absolute atomic E-state index is 0.0354. The van der Waals surface area contributed by atoms with Gasteiger partial charge in [0.05, 0.1) is 33.5 Å². The molecule has 1 amide bonds. The molecule has 0 aliphatic carbocycles. The van der Waals surface area contributed by atoms with E-state index in [0.717, 1.165) is 0 Å². The van der Waals surface area contributed by atoms with E-state index in [1.54, 1.807) is 82.3 Å². The van der Waals surface area contributed by atoms with Crippen molar-refractivity contribution in [1.82, 2.24) is 5.32 Å². The molecule has 39 heavy (non-hydrogen) atoms. The van der Waals surface area contributed by atoms with E-state index in [2.05, 4.69) is 5.32 Å². The van der Waals surface area contributed by atoms with E-state index in [9.17, 15) is 18.7 Å². The summed E-state index contributed by atoms with van der Waals surface area (Å²) in [6.07, 6.45) is -0.562. The largest absolute Gasteiger partial charge is 0.467 e. The highest BCUT2D eigenvalue weighted by Gasteiger charge is 2.57. The molecule has 0 saturated carbocycles. The Hall–Kier alpha value is -2.32. The monoisotopic (exact) mass is 583 g/mol. The molecule has 10 nitrogen and oxygen atoms in total. The molecule has 1 atom stereocenters. The van der Waals surface area contributed by atoms with Crippen LogP contribution in [-0.4, -0.2) is 56.4 Å². The van der Waals surface area contributed by atoms with Crippen LogP contribution in [0.5, 0.6) is 0 Å². The third-order valence-electron chi connectivity index (χ3n) is 5.81. The van der Waals surface area contributed by atoms with Gasteiger partial charge in [0, 0.05) is 18.4 Å². The van der Waals surface area contributed by atoms with Gasteiger partial charge in [-0.3, -0.25) is 13.9 Å². The van der Waals surface area contributed by atoms with Gasteiger partial charge in [0.15, 0.2) is 5.40 Å². The van der Waals surface area contributed by atoms with Crippen LogP contribution in [0.25, 0.3) is 0 Å². The minimum atomic E-state index is -4.25. The van der Waals surface area contributed by atoms with E-state index in [-0.39, 0.29) is 38.4 Å². The highest BCUT2D eigenvalue weighted by atomic mass is 31.2. The molecule has 0 radical (unpaired) electrons. The van der Waals surface area contributed by atoms with Crippen LogP contribution < -0.4 is 5.32 Å².